The van der Waals surface area contributed by atoms with Crippen LogP contribution in [0.5, 0.6) is 0 Å². The minimum atomic E-state index is -2.57. The second-order valence-corrected chi connectivity index (χ2v) is 35.1. The van der Waals surface area contributed by atoms with Gasteiger partial charge in [0.15, 0.2) is 11.3 Å². The summed E-state index contributed by atoms with van der Waals surface area (Å²) in [6.45, 7) is 42.4. The van der Waals surface area contributed by atoms with Gasteiger partial charge in [-0.25, -0.2) is 56.2 Å². The Morgan fingerprint density at radius 3 is 1.59 bits per heavy atom. The number of halogens is 6. The molecule has 26 nitrogen and oxygen atoms in total. The molecule has 5 fully saturated rings. The number of hydrogen-bond acceptors (Lipinski definition) is 20. The Kier molecular flexibility index (Phi) is 28.3. The molecule has 5 atom stereocenters. The average Bonchev–Trinajstić information content (AvgIpc) is 0.787. The number of morpholine rings is 1. The van der Waals surface area contributed by atoms with Gasteiger partial charge in [0.1, 0.15) is 40.6 Å². The fourth-order valence-electron chi connectivity index (χ4n) is 18.1. The lowest BCUT2D eigenvalue weighted by molar-refractivity contribution is -0.129. The van der Waals surface area contributed by atoms with E-state index in [9.17, 15) is 37.5 Å². The highest BCUT2D eigenvalue weighted by Crippen LogP contribution is 2.45. The third-order valence-electron chi connectivity index (χ3n) is 24.7. The summed E-state index contributed by atoms with van der Waals surface area (Å²) >= 11 is 13.7. The summed E-state index contributed by atoms with van der Waals surface area (Å²) in [5.41, 5.74) is 14.6. The molecular weight excluding hydrogens is 1690 g/mol. The summed E-state index contributed by atoms with van der Waals surface area (Å²) < 4.78 is 67.7. The Labute approximate surface area is 756 Å². The Balaban J connectivity index is 0.000000156. The van der Waals surface area contributed by atoms with E-state index in [2.05, 4.69) is 81.5 Å². The van der Waals surface area contributed by atoms with Crippen LogP contribution in [0.25, 0.3) is 78.0 Å². The number of hydrogen-bond donors (Lipinski definition) is 1. The molecule has 16 rings (SSSR count). The van der Waals surface area contributed by atoms with Gasteiger partial charge in [0.2, 0.25) is 23.6 Å². The topological polar surface area (TPSA) is 277 Å². The number of nitrogens with zero attached hydrogens (tertiary/aromatic N) is 18. The molecule has 32 heteroatoms. The molecule has 674 valence electrons. The lowest BCUT2D eigenvalue weighted by atomic mass is 9.90. The summed E-state index contributed by atoms with van der Waals surface area (Å²) in [7, 11) is 0. The second kappa shape index (κ2) is 39.3. The van der Waals surface area contributed by atoms with E-state index in [4.69, 9.17) is 53.6 Å². The molecule has 5 unspecified atom stereocenters. The summed E-state index contributed by atoms with van der Waals surface area (Å²) in [4.78, 5) is 131. The molecule has 0 aliphatic carbocycles. The van der Waals surface area contributed by atoms with Crippen molar-refractivity contribution in [2.45, 2.75) is 157 Å². The molecule has 0 radical (unpaired) electrons. The second-order valence-electron chi connectivity index (χ2n) is 34.3. The van der Waals surface area contributed by atoms with E-state index in [0.29, 0.717) is 147 Å². The van der Waals surface area contributed by atoms with Crippen molar-refractivity contribution in [3.8, 4) is 45.0 Å². The number of aryl methyl sites for hydroxylation is 2. The highest BCUT2D eigenvalue weighted by molar-refractivity contribution is 6.34. The van der Waals surface area contributed by atoms with Gasteiger partial charge < -0.3 is 44.8 Å². The van der Waals surface area contributed by atoms with Gasteiger partial charge in [0.25, 0.3) is 6.43 Å². The summed E-state index contributed by atoms with van der Waals surface area (Å²) in [5, 5.41) is 2.18. The van der Waals surface area contributed by atoms with Crippen molar-refractivity contribution in [2.24, 2.45) is 5.73 Å². The quantitative estimate of drug-likeness (QED) is 0.0581. The third kappa shape index (κ3) is 18.7. The van der Waals surface area contributed by atoms with E-state index in [-0.39, 0.29) is 110 Å². The zero-order valence-electron chi connectivity index (χ0n) is 74.6. The van der Waals surface area contributed by atoms with E-state index >= 15 is 8.78 Å². The van der Waals surface area contributed by atoms with Crippen LogP contribution in [0, 0.1) is 25.5 Å². The number of amides is 4. The van der Waals surface area contributed by atoms with Crippen molar-refractivity contribution in [1.29, 1.82) is 0 Å². The number of ether oxygens (including phenoxy) is 1. The largest absolute Gasteiger partial charge is 0.379 e. The Bertz CT molecular complexity index is 6320. The highest BCUT2D eigenvalue weighted by Gasteiger charge is 2.40. The Hall–Kier alpha value is -12.4. The maximum absolute atomic E-state index is 16.1. The summed E-state index contributed by atoms with van der Waals surface area (Å²) in [5.74, 6) is -0.427. The van der Waals surface area contributed by atoms with E-state index < -0.39 is 35.6 Å². The smallest absolute Gasteiger partial charge is 0.355 e. The molecule has 11 aromatic rings. The molecule has 2 N–H and O–H groups in total. The number of carbonyl (C=O) groups excluding carboxylic acids is 4. The van der Waals surface area contributed by atoms with Gasteiger partial charge in [-0.15, -0.1) is 0 Å². The van der Waals surface area contributed by atoms with Crippen LogP contribution >= 0.6 is 23.2 Å². The molecular formula is C97H107Cl2F4N19O7. The predicted octanol–water partition coefficient (Wildman–Crippen LogP) is 15.8. The van der Waals surface area contributed by atoms with Crippen LogP contribution in [0.1, 0.15) is 144 Å². The molecule has 4 amide bonds. The number of primary amides is 1. The van der Waals surface area contributed by atoms with Crippen molar-refractivity contribution in [1.82, 2.24) is 68.6 Å². The lowest BCUT2D eigenvalue weighted by Crippen LogP contribution is -2.58. The Morgan fingerprint density at radius 1 is 0.535 bits per heavy atom. The lowest BCUT2D eigenvalue weighted by Gasteiger charge is -2.44. The number of anilines is 4. The van der Waals surface area contributed by atoms with Crippen LogP contribution in [0.2, 0.25) is 10.0 Å². The van der Waals surface area contributed by atoms with Crippen LogP contribution in [-0.4, -0.2) is 214 Å². The predicted molar refractivity (Wildman–Crippen MR) is 500 cm³/mol. The number of carbonyl (C=O) groups is 4. The van der Waals surface area contributed by atoms with Gasteiger partial charge in [0.05, 0.1) is 79.7 Å². The van der Waals surface area contributed by atoms with Crippen molar-refractivity contribution >= 4 is 103 Å². The molecule has 0 bridgehead atoms. The van der Waals surface area contributed by atoms with Crippen molar-refractivity contribution in [3.05, 3.63) is 235 Å². The first-order valence-corrected chi connectivity index (χ1v) is 44.3. The molecule has 5 aliphatic rings. The number of alkyl halides is 2. The molecule has 5 saturated heterocycles. The average molecular weight is 1800 g/mol. The van der Waals surface area contributed by atoms with Crippen LogP contribution < -0.4 is 36.7 Å². The van der Waals surface area contributed by atoms with E-state index in [1.807, 2.05) is 97.2 Å². The van der Waals surface area contributed by atoms with E-state index in [1.165, 1.54) is 51.1 Å². The highest BCUT2D eigenvalue weighted by atomic mass is 35.5. The molecule has 8 aromatic heterocycles. The van der Waals surface area contributed by atoms with Gasteiger partial charge in [0, 0.05) is 143 Å². The third-order valence-corrected chi connectivity index (χ3v) is 25.2. The fourth-order valence-corrected chi connectivity index (χ4v) is 18.6. The van der Waals surface area contributed by atoms with Gasteiger partial charge in [-0.1, -0.05) is 139 Å². The molecule has 5 aliphatic heterocycles. The number of fused-ring (bicyclic) bond motifs is 3. The first-order valence-electron chi connectivity index (χ1n) is 43.6. The van der Waals surface area contributed by atoms with Gasteiger partial charge >= 0.3 is 11.4 Å². The van der Waals surface area contributed by atoms with Gasteiger partial charge in [-0.3, -0.25) is 34.0 Å². The maximum atomic E-state index is 16.1. The number of piperazine rings is 3. The van der Waals surface area contributed by atoms with Gasteiger partial charge in [-0.05, 0) is 161 Å². The maximum Gasteiger partial charge on any atom is 0.355 e. The SMILES string of the molecule is C=CC(=O)N1CC(C)N(c2nc(=O)n(-c3c(C)ccnc3C(C)C)c3nc(-c4ccccc4C(N)=O)c(F)cc23)CC1C.C=CC(=O)N1CC(C)N(c2nc(=O)n(-c3c(C)ccnc3C(C)C)c3nc(N4CCCC4C(F)F)c(Cl)cc23)CC1C.C=CC(=O)N1CCN(c2nc(CN3CCOCC3)c(-c3ccccc3C(C)C)c3nc(-c4ccccc4F)c(Cl)cc23)CC1. The van der Waals surface area contributed by atoms with Crippen molar-refractivity contribution < 1.29 is 41.5 Å². The zero-order chi connectivity index (χ0) is 92.4. The zero-order valence-corrected chi connectivity index (χ0v) is 76.1. The Morgan fingerprint density at radius 2 is 1.05 bits per heavy atom. The minimum Gasteiger partial charge on any atom is -0.379 e. The van der Waals surface area contributed by atoms with Crippen LogP contribution in [-0.2, 0) is 25.7 Å². The molecule has 0 spiro atoms. The van der Waals surface area contributed by atoms with Crippen molar-refractivity contribution in [2.75, 3.05) is 105 Å². The number of nitrogens with two attached hydrogens (primary N) is 1. The first-order chi connectivity index (χ1) is 61.7. The number of rotatable bonds is 19. The van der Waals surface area contributed by atoms with Crippen LogP contribution in [0.15, 0.2) is 163 Å². The number of pyridine rings is 6. The molecule has 3 aromatic carbocycles. The van der Waals surface area contributed by atoms with Gasteiger partial charge in [-0.2, -0.15) is 9.97 Å². The number of aromatic nitrogens is 10. The van der Waals surface area contributed by atoms with Crippen LogP contribution in [0.3, 0.4) is 0 Å². The molecule has 0 saturated carbocycles. The van der Waals surface area contributed by atoms with E-state index in [0.717, 1.165) is 57.8 Å². The standard InChI is InChI=1S/C35H37ClFN5O2.C32H34FN7O3.C30H36ClF2N7O2/c1-4-31(43)41-13-15-42(16-14-41)35-27-21-28(36)33(26-11-7-8-12-29(26)37)39-34(27)32(25-10-6-5-9-24(25)23(2)3)30(38-35)22-40-17-19-44-20-18-40;1-7-25(41)38-15-20(6)39(16-19(38)5)30-23-14-24(33)27(21-10-8-9-11-22(21)29(34)42)36-31(23)40(32(43)37-30)28-18(4)12-13-35-26(28)17(2)3;1-7-23(41)38-14-19(6)39(15-18(38)5)27-20-13-21(31)29(37-12-8-9-22(37)26(32)33)35-28(20)40(30(42)36-27)25-17(4)10-11-34-24(25)16(2)3/h4-12,21,23H,1,13-20,22H2,2-3H3;7-14,17,19-20H,1,15-16H2,2-6H3,(H2,34,42);7,10-11,13,16,18-19,22,26H,1,8-9,12,14-15H2,2-6H3. The molecule has 13 heterocycles. The van der Waals surface area contributed by atoms with Crippen LogP contribution in [0.4, 0.5) is 40.8 Å². The first kappa shape index (κ1) is 92.8. The van der Waals surface area contributed by atoms with Crippen molar-refractivity contribution in [3.63, 3.8) is 0 Å². The fraction of sp³-hybridized carbons (Fsp3) is 0.381. The minimum absolute atomic E-state index is 0.0218. The summed E-state index contributed by atoms with van der Waals surface area (Å²) in [6, 6.07) is 27.9. The normalized spacial score (nSPS) is 18.1. The molecule has 129 heavy (non-hydrogen) atoms. The monoisotopic (exact) mass is 1800 g/mol. The van der Waals surface area contributed by atoms with E-state index in [1.54, 1.807) is 80.5 Å². The summed E-state index contributed by atoms with van der Waals surface area (Å²) in [6.07, 6.45) is 5.65. The number of benzene rings is 3.